The van der Waals surface area contributed by atoms with E-state index in [0.29, 0.717) is 0 Å². The third-order valence-corrected chi connectivity index (χ3v) is 4.89. The van der Waals surface area contributed by atoms with Crippen LogP contribution in [0.5, 0.6) is 0 Å². The molecule has 0 spiro atoms. The van der Waals surface area contributed by atoms with E-state index in [-0.39, 0.29) is 6.42 Å². The Morgan fingerprint density at radius 1 is 1.17 bits per heavy atom. The van der Waals surface area contributed by atoms with Gasteiger partial charge in [-0.2, -0.15) is 16.8 Å². The zero-order valence-corrected chi connectivity index (χ0v) is 10.7. The predicted octanol–water partition coefficient (Wildman–Crippen LogP) is 0.884. The first kappa shape index (κ1) is 14.6. The Balaban J connectivity index is 2.96. The maximum absolute atomic E-state index is 12.6. The van der Waals surface area contributed by atoms with Gasteiger partial charge in [-0.25, -0.2) is 4.39 Å². The lowest BCUT2D eigenvalue weighted by Gasteiger charge is -2.04. The van der Waals surface area contributed by atoms with E-state index in [4.69, 9.17) is 6.42 Å². The van der Waals surface area contributed by atoms with Crippen LogP contribution in [0.4, 0.5) is 4.39 Å². The van der Waals surface area contributed by atoms with Gasteiger partial charge in [-0.1, -0.05) is 0 Å². The van der Waals surface area contributed by atoms with Crippen LogP contribution in [0.3, 0.4) is 0 Å². The molecule has 8 heteroatoms. The Bertz CT molecular complexity index is 653. The van der Waals surface area contributed by atoms with Crippen LogP contribution >= 0.6 is 0 Å². The lowest BCUT2D eigenvalue weighted by Crippen LogP contribution is -2.16. The van der Waals surface area contributed by atoms with E-state index in [1.165, 1.54) is 0 Å². The molecule has 0 fully saturated rings. The molecule has 0 atom stereocenters. The Morgan fingerprint density at radius 2 is 1.72 bits per heavy atom. The van der Waals surface area contributed by atoms with Gasteiger partial charge in [0.25, 0.3) is 10.1 Å². The molecule has 0 aliphatic carbocycles. The highest BCUT2D eigenvalue weighted by Gasteiger charge is 2.24. The van der Waals surface area contributed by atoms with Gasteiger partial charge in [0.15, 0.2) is 0 Å². The molecule has 0 bridgehead atoms. The average Bonchev–Trinajstić information content (AvgIpc) is 2.25. The van der Waals surface area contributed by atoms with Crippen molar-refractivity contribution in [3.8, 4) is 12.3 Å². The van der Waals surface area contributed by atoms with E-state index >= 15 is 0 Å². The molecule has 0 N–H and O–H groups in total. The second-order valence-corrected chi connectivity index (χ2v) is 6.64. The number of benzene rings is 1. The van der Waals surface area contributed by atoms with Gasteiger partial charge < -0.3 is 0 Å². The molecule has 0 saturated heterocycles. The summed E-state index contributed by atoms with van der Waals surface area (Å²) in [5.41, 5.74) is 0. The second-order valence-electron chi connectivity index (χ2n) is 3.19. The summed E-state index contributed by atoms with van der Waals surface area (Å²) in [6.07, 6.45) is 4.70. The van der Waals surface area contributed by atoms with E-state index in [2.05, 4.69) is 9.55 Å². The molecule has 0 unspecified atom stereocenters. The molecule has 0 saturated carbocycles. The van der Waals surface area contributed by atoms with Gasteiger partial charge >= 0.3 is 10.1 Å². The van der Waals surface area contributed by atoms with Gasteiger partial charge in [0, 0.05) is 6.42 Å². The normalized spacial score (nSPS) is 12.0. The summed E-state index contributed by atoms with van der Waals surface area (Å²) in [4.78, 5) is -0.451. The molecule has 0 aliphatic rings. The van der Waals surface area contributed by atoms with Crippen molar-refractivity contribution >= 4 is 20.2 Å². The lowest BCUT2D eigenvalue weighted by atomic mass is 10.4. The fourth-order valence-corrected chi connectivity index (χ4v) is 3.51. The van der Waals surface area contributed by atoms with Crippen LogP contribution in [0.25, 0.3) is 0 Å². The van der Waals surface area contributed by atoms with Crippen LogP contribution in [0.2, 0.25) is 0 Å². The summed E-state index contributed by atoms with van der Waals surface area (Å²) in [5.74, 6) is 0.797. The van der Waals surface area contributed by atoms with Gasteiger partial charge in [-0.3, -0.25) is 0 Å². The zero-order valence-electron chi connectivity index (χ0n) is 9.04. The van der Waals surface area contributed by atoms with E-state index in [1.54, 1.807) is 0 Å². The number of terminal acetylenes is 1. The SMILES string of the molecule is C#CCCS(=O)(=O)OS(=O)(=O)c1ccc(F)cc1. The zero-order chi connectivity index (χ0) is 13.8. The summed E-state index contributed by atoms with van der Waals surface area (Å²) in [6.45, 7) is 0. The third kappa shape index (κ3) is 4.10. The molecule has 1 aromatic carbocycles. The smallest absolute Gasteiger partial charge is 0.207 e. The topological polar surface area (TPSA) is 77.5 Å². The molecule has 0 aliphatic heterocycles. The summed E-state index contributed by atoms with van der Waals surface area (Å²) in [6, 6.07) is 3.57. The van der Waals surface area contributed by atoms with Gasteiger partial charge in [-0.05, 0) is 24.3 Å². The largest absolute Gasteiger partial charge is 0.311 e. The first-order valence-electron chi connectivity index (χ1n) is 4.65. The molecule has 98 valence electrons. The Morgan fingerprint density at radius 3 is 2.22 bits per heavy atom. The van der Waals surface area contributed by atoms with Crippen LogP contribution in [0.15, 0.2) is 29.2 Å². The minimum atomic E-state index is -4.49. The molecular weight excluding hydrogens is 283 g/mol. The second kappa shape index (κ2) is 5.48. The number of rotatable bonds is 5. The summed E-state index contributed by atoms with van der Waals surface area (Å²) < 4.78 is 62.3. The van der Waals surface area contributed by atoms with Gasteiger partial charge in [0.2, 0.25) is 0 Å². The van der Waals surface area contributed by atoms with Crippen molar-refractivity contribution in [2.75, 3.05) is 5.75 Å². The summed E-state index contributed by atoms with van der Waals surface area (Å²) in [5, 5.41) is 0. The van der Waals surface area contributed by atoms with Crippen LogP contribution in [-0.4, -0.2) is 22.6 Å². The van der Waals surface area contributed by atoms with Crippen molar-refractivity contribution in [2.45, 2.75) is 11.3 Å². The Hall–Kier alpha value is -1.43. The van der Waals surface area contributed by atoms with Gasteiger partial charge in [0.1, 0.15) is 5.82 Å². The molecule has 0 amide bonds. The van der Waals surface area contributed by atoms with E-state index in [1.807, 2.05) is 0 Å². The molecule has 0 radical (unpaired) electrons. The van der Waals surface area contributed by atoms with Gasteiger partial charge in [0.05, 0.1) is 10.6 Å². The Labute approximate surface area is 105 Å². The van der Waals surface area contributed by atoms with E-state index in [0.717, 1.165) is 24.3 Å². The highest BCUT2D eigenvalue weighted by Crippen LogP contribution is 2.15. The van der Waals surface area contributed by atoms with Crippen LogP contribution in [-0.2, 0) is 23.9 Å². The van der Waals surface area contributed by atoms with Crippen LogP contribution < -0.4 is 0 Å². The van der Waals surface area contributed by atoms with Crippen molar-refractivity contribution in [3.63, 3.8) is 0 Å². The lowest BCUT2D eigenvalue weighted by molar-refractivity contribution is 0.462. The maximum Gasteiger partial charge on any atom is 0.311 e. The van der Waals surface area contributed by atoms with Crippen molar-refractivity contribution in [1.29, 1.82) is 0 Å². The molecule has 5 nitrogen and oxygen atoms in total. The molecular formula is C10H9FO5S2. The number of hydrogen-bond acceptors (Lipinski definition) is 5. The third-order valence-electron chi connectivity index (χ3n) is 1.79. The van der Waals surface area contributed by atoms with E-state index < -0.39 is 36.7 Å². The highest BCUT2D eigenvalue weighted by molar-refractivity contribution is 7.99. The number of halogens is 1. The van der Waals surface area contributed by atoms with Crippen LogP contribution in [0, 0.1) is 18.2 Å². The fourth-order valence-electron chi connectivity index (χ4n) is 0.995. The van der Waals surface area contributed by atoms with Crippen LogP contribution in [0.1, 0.15) is 6.42 Å². The quantitative estimate of drug-likeness (QED) is 0.753. The van der Waals surface area contributed by atoms with Gasteiger partial charge in [-0.15, -0.1) is 16.0 Å². The fraction of sp³-hybridized carbons (Fsp3) is 0.200. The van der Waals surface area contributed by atoms with Crippen molar-refractivity contribution < 1.29 is 24.9 Å². The summed E-state index contributed by atoms with van der Waals surface area (Å²) >= 11 is 0. The van der Waals surface area contributed by atoms with Crippen molar-refractivity contribution in [2.24, 2.45) is 0 Å². The Kier molecular flexibility index (Phi) is 4.45. The first-order chi connectivity index (χ1) is 8.27. The van der Waals surface area contributed by atoms with E-state index in [9.17, 15) is 21.2 Å². The first-order valence-corrected chi connectivity index (χ1v) is 7.63. The molecule has 1 rings (SSSR count). The highest BCUT2D eigenvalue weighted by atomic mass is 32.3. The molecule has 18 heavy (non-hydrogen) atoms. The minimum absolute atomic E-state index is 0.165. The average molecular weight is 292 g/mol. The molecule has 0 aromatic heterocycles. The monoisotopic (exact) mass is 292 g/mol. The minimum Gasteiger partial charge on any atom is -0.207 e. The standard InChI is InChI=1S/C10H9FO5S2/c1-2-3-8-17(12,13)16-18(14,15)10-6-4-9(11)5-7-10/h1,4-7H,3,8H2. The van der Waals surface area contributed by atoms with Crippen molar-refractivity contribution in [1.82, 2.24) is 0 Å². The van der Waals surface area contributed by atoms with Crippen molar-refractivity contribution in [3.05, 3.63) is 30.1 Å². The predicted molar refractivity (Wildman–Crippen MR) is 61.9 cm³/mol. The molecule has 1 aromatic rings. The maximum atomic E-state index is 12.6. The number of hydrogen-bond donors (Lipinski definition) is 0. The molecule has 0 heterocycles. The summed E-state index contributed by atoms with van der Waals surface area (Å²) in [7, 11) is -8.77.